The molecule has 1 saturated heterocycles. The van der Waals surface area contributed by atoms with Crippen molar-refractivity contribution in [2.75, 3.05) is 20.8 Å². The quantitative estimate of drug-likeness (QED) is 0.910. The van der Waals surface area contributed by atoms with E-state index in [1.807, 2.05) is 18.2 Å². The summed E-state index contributed by atoms with van der Waals surface area (Å²) in [5.41, 5.74) is 0.874. The molecule has 112 valence electrons. The first kappa shape index (κ1) is 14.5. The molecule has 1 aromatic heterocycles. The summed E-state index contributed by atoms with van der Waals surface area (Å²) in [4.78, 5) is 4.47. The lowest BCUT2D eigenvalue weighted by Gasteiger charge is -2.04. The molecule has 2 heterocycles. The fourth-order valence-electron chi connectivity index (χ4n) is 2.37. The molecule has 1 aliphatic rings. The van der Waals surface area contributed by atoms with E-state index >= 15 is 0 Å². The summed E-state index contributed by atoms with van der Waals surface area (Å²) in [6, 6.07) is 5.73. The van der Waals surface area contributed by atoms with Gasteiger partial charge in [0.25, 0.3) is 0 Å². The summed E-state index contributed by atoms with van der Waals surface area (Å²) in [6.07, 6.45) is 1.03. The third-order valence-electron chi connectivity index (χ3n) is 3.57. The smallest absolute Gasteiger partial charge is 0.244 e. The molecule has 0 radical (unpaired) electrons. The van der Waals surface area contributed by atoms with Crippen molar-refractivity contribution in [1.29, 1.82) is 0 Å². The average molecular weight is 354 g/mol. The minimum Gasteiger partial charge on any atom is -0.496 e. The zero-order valence-electron chi connectivity index (χ0n) is 11.8. The normalized spacial score (nSPS) is 21.7. The maximum atomic E-state index is 5.37. The van der Waals surface area contributed by atoms with Gasteiger partial charge in [0.2, 0.25) is 11.7 Å². The number of hydrogen-bond acceptors (Lipinski definition) is 6. The Morgan fingerprint density at radius 3 is 2.90 bits per heavy atom. The Bertz CT molecular complexity index is 632. The first-order chi connectivity index (χ1) is 10.2. The molecule has 1 aromatic carbocycles. The molecule has 0 spiro atoms. The number of methoxy groups -OCH3 is 2. The number of rotatable bonds is 4. The largest absolute Gasteiger partial charge is 0.496 e. The molecule has 2 aromatic rings. The van der Waals surface area contributed by atoms with E-state index in [0.29, 0.717) is 11.7 Å². The van der Waals surface area contributed by atoms with Gasteiger partial charge in [0.05, 0.1) is 23.7 Å². The monoisotopic (exact) mass is 353 g/mol. The Balaban J connectivity index is 1.80. The lowest BCUT2D eigenvalue weighted by molar-refractivity contribution is 0.116. The second kappa shape index (κ2) is 6.13. The van der Waals surface area contributed by atoms with Crippen LogP contribution in [0.3, 0.4) is 0 Å². The third kappa shape index (κ3) is 2.95. The van der Waals surface area contributed by atoms with E-state index in [9.17, 15) is 0 Å². The molecule has 1 aliphatic heterocycles. The zero-order valence-corrected chi connectivity index (χ0v) is 13.4. The molecular formula is C14H16BrN3O3. The highest BCUT2D eigenvalue weighted by Crippen LogP contribution is 2.30. The van der Waals surface area contributed by atoms with Crippen LogP contribution in [0.5, 0.6) is 5.75 Å². The number of nitrogens with one attached hydrogen (secondary N) is 1. The maximum absolute atomic E-state index is 5.37. The van der Waals surface area contributed by atoms with Crippen molar-refractivity contribution in [2.24, 2.45) is 0 Å². The SMILES string of the molecule is COc1ccc(-c2noc(C3CC(OC)CN3)n2)cc1Br. The summed E-state index contributed by atoms with van der Waals surface area (Å²) in [5, 5.41) is 7.37. The lowest BCUT2D eigenvalue weighted by Crippen LogP contribution is -2.16. The number of nitrogens with zero attached hydrogens (tertiary/aromatic N) is 2. The van der Waals surface area contributed by atoms with Gasteiger partial charge in [0.15, 0.2) is 0 Å². The molecule has 21 heavy (non-hydrogen) atoms. The minimum atomic E-state index is 0.0536. The first-order valence-corrected chi connectivity index (χ1v) is 7.44. The van der Waals surface area contributed by atoms with E-state index in [2.05, 4.69) is 31.4 Å². The predicted octanol–water partition coefficient (Wildman–Crippen LogP) is 2.56. The highest BCUT2D eigenvalue weighted by atomic mass is 79.9. The summed E-state index contributed by atoms with van der Waals surface area (Å²) >= 11 is 3.45. The van der Waals surface area contributed by atoms with Crippen LogP contribution in [-0.4, -0.2) is 37.0 Å². The number of benzene rings is 1. The Morgan fingerprint density at radius 2 is 2.24 bits per heavy atom. The van der Waals surface area contributed by atoms with Crippen molar-refractivity contribution in [3.63, 3.8) is 0 Å². The molecule has 1 fully saturated rings. The van der Waals surface area contributed by atoms with Crippen LogP contribution in [0.2, 0.25) is 0 Å². The van der Waals surface area contributed by atoms with Crippen LogP contribution in [0.15, 0.2) is 27.2 Å². The second-order valence-corrected chi connectivity index (χ2v) is 5.71. The van der Waals surface area contributed by atoms with Crippen LogP contribution in [-0.2, 0) is 4.74 Å². The summed E-state index contributed by atoms with van der Waals surface area (Å²) in [5.74, 6) is 1.93. The standard InChI is InChI=1S/C14H16BrN3O3/c1-19-9-6-11(16-7-9)14-17-13(18-21-14)8-3-4-12(20-2)10(15)5-8/h3-5,9,11,16H,6-7H2,1-2H3. The number of hydrogen-bond donors (Lipinski definition) is 1. The molecule has 2 unspecified atom stereocenters. The highest BCUT2D eigenvalue weighted by Gasteiger charge is 2.29. The van der Waals surface area contributed by atoms with Crippen molar-refractivity contribution < 1.29 is 14.0 Å². The number of halogens is 1. The third-order valence-corrected chi connectivity index (χ3v) is 4.19. The van der Waals surface area contributed by atoms with E-state index in [-0.39, 0.29) is 12.1 Å². The van der Waals surface area contributed by atoms with Gasteiger partial charge >= 0.3 is 0 Å². The molecule has 0 saturated carbocycles. The van der Waals surface area contributed by atoms with Gasteiger partial charge in [-0.25, -0.2) is 0 Å². The number of ether oxygens (including phenoxy) is 2. The zero-order chi connectivity index (χ0) is 14.8. The maximum Gasteiger partial charge on any atom is 0.244 e. The van der Waals surface area contributed by atoms with Gasteiger partial charge in [-0.3, -0.25) is 0 Å². The lowest BCUT2D eigenvalue weighted by atomic mass is 10.2. The molecule has 0 amide bonds. The molecule has 3 rings (SSSR count). The van der Waals surface area contributed by atoms with E-state index < -0.39 is 0 Å². The molecule has 6 nitrogen and oxygen atoms in total. The Morgan fingerprint density at radius 1 is 1.38 bits per heavy atom. The second-order valence-electron chi connectivity index (χ2n) is 4.86. The fourth-order valence-corrected chi connectivity index (χ4v) is 2.91. The van der Waals surface area contributed by atoms with E-state index in [4.69, 9.17) is 14.0 Å². The fraction of sp³-hybridized carbons (Fsp3) is 0.429. The van der Waals surface area contributed by atoms with Gasteiger partial charge in [0, 0.05) is 19.2 Å². The van der Waals surface area contributed by atoms with Gasteiger partial charge in [-0.15, -0.1) is 0 Å². The molecule has 1 N–H and O–H groups in total. The van der Waals surface area contributed by atoms with Crippen LogP contribution < -0.4 is 10.1 Å². The van der Waals surface area contributed by atoms with Crippen LogP contribution >= 0.6 is 15.9 Å². The average Bonchev–Trinajstić information content (AvgIpc) is 3.15. The van der Waals surface area contributed by atoms with Crippen molar-refractivity contribution in [3.05, 3.63) is 28.6 Å². The van der Waals surface area contributed by atoms with Crippen molar-refractivity contribution >= 4 is 15.9 Å². The Hall–Kier alpha value is -1.44. The van der Waals surface area contributed by atoms with Crippen LogP contribution in [0.4, 0.5) is 0 Å². The highest BCUT2D eigenvalue weighted by molar-refractivity contribution is 9.10. The van der Waals surface area contributed by atoms with Crippen LogP contribution in [0.1, 0.15) is 18.4 Å². The van der Waals surface area contributed by atoms with Gasteiger partial charge in [-0.1, -0.05) is 5.16 Å². The van der Waals surface area contributed by atoms with Gasteiger partial charge in [0.1, 0.15) is 5.75 Å². The molecule has 0 aliphatic carbocycles. The first-order valence-electron chi connectivity index (χ1n) is 6.65. The van der Waals surface area contributed by atoms with Crippen LogP contribution in [0.25, 0.3) is 11.4 Å². The van der Waals surface area contributed by atoms with Crippen LogP contribution in [0, 0.1) is 0 Å². The Labute approximate surface area is 131 Å². The topological polar surface area (TPSA) is 69.4 Å². The summed E-state index contributed by atoms with van der Waals surface area (Å²) in [6.45, 7) is 0.799. The molecule has 7 heteroatoms. The summed E-state index contributed by atoms with van der Waals surface area (Å²) < 4.78 is 16.8. The van der Waals surface area contributed by atoms with E-state index in [1.165, 1.54) is 0 Å². The van der Waals surface area contributed by atoms with Crippen molar-refractivity contribution in [1.82, 2.24) is 15.5 Å². The van der Waals surface area contributed by atoms with E-state index in [1.54, 1.807) is 14.2 Å². The molecule has 2 atom stereocenters. The van der Waals surface area contributed by atoms with Crippen molar-refractivity contribution in [3.8, 4) is 17.1 Å². The van der Waals surface area contributed by atoms with Gasteiger partial charge < -0.3 is 19.3 Å². The van der Waals surface area contributed by atoms with Crippen molar-refractivity contribution in [2.45, 2.75) is 18.6 Å². The summed E-state index contributed by atoms with van der Waals surface area (Å²) in [7, 11) is 3.34. The van der Waals surface area contributed by atoms with Gasteiger partial charge in [-0.2, -0.15) is 4.98 Å². The molecular weight excluding hydrogens is 338 g/mol. The Kier molecular flexibility index (Phi) is 4.23. The predicted molar refractivity (Wildman–Crippen MR) is 80.1 cm³/mol. The van der Waals surface area contributed by atoms with Gasteiger partial charge in [-0.05, 0) is 40.5 Å². The molecule has 0 bridgehead atoms. The number of aromatic nitrogens is 2. The minimum absolute atomic E-state index is 0.0536. The van der Waals surface area contributed by atoms with E-state index in [0.717, 1.165) is 28.8 Å².